The van der Waals surface area contributed by atoms with E-state index in [4.69, 9.17) is 5.11 Å². The summed E-state index contributed by atoms with van der Waals surface area (Å²) in [6, 6.07) is 8.04. The lowest BCUT2D eigenvalue weighted by Crippen LogP contribution is -2.11. The van der Waals surface area contributed by atoms with Crippen molar-refractivity contribution >= 4 is 11.6 Å². The molecular weight excluding hydrogens is 226 g/mol. The maximum atomic E-state index is 11.6. The van der Waals surface area contributed by atoms with E-state index in [0.717, 1.165) is 18.5 Å². The summed E-state index contributed by atoms with van der Waals surface area (Å²) in [4.78, 5) is 11.6. The molecule has 18 heavy (non-hydrogen) atoms. The SMILES string of the molecule is CCCCc1ccc(NC(=O)CCCCO)cc1. The molecule has 1 aromatic rings. The molecule has 3 nitrogen and oxygen atoms in total. The zero-order chi connectivity index (χ0) is 13.2. The van der Waals surface area contributed by atoms with Gasteiger partial charge >= 0.3 is 0 Å². The molecule has 2 N–H and O–H groups in total. The zero-order valence-corrected chi connectivity index (χ0v) is 11.1. The van der Waals surface area contributed by atoms with E-state index in [1.165, 1.54) is 18.4 Å². The van der Waals surface area contributed by atoms with Gasteiger partial charge in [-0.15, -0.1) is 0 Å². The molecular formula is C15H23NO2. The Kier molecular flexibility index (Phi) is 7.11. The predicted octanol–water partition coefficient (Wildman–Crippen LogP) is 3.13. The van der Waals surface area contributed by atoms with E-state index in [-0.39, 0.29) is 12.5 Å². The number of carbonyl (C=O) groups is 1. The predicted molar refractivity (Wildman–Crippen MR) is 74.6 cm³/mol. The Morgan fingerprint density at radius 3 is 2.50 bits per heavy atom. The van der Waals surface area contributed by atoms with Crippen molar-refractivity contribution in [1.82, 2.24) is 0 Å². The number of benzene rings is 1. The van der Waals surface area contributed by atoms with Crippen LogP contribution in [-0.4, -0.2) is 17.6 Å². The number of aliphatic hydroxyl groups excluding tert-OH is 1. The smallest absolute Gasteiger partial charge is 0.224 e. The van der Waals surface area contributed by atoms with E-state index in [0.29, 0.717) is 12.8 Å². The van der Waals surface area contributed by atoms with E-state index >= 15 is 0 Å². The fourth-order valence-electron chi connectivity index (χ4n) is 1.76. The molecule has 0 saturated heterocycles. The second-order valence-electron chi connectivity index (χ2n) is 4.53. The monoisotopic (exact) mass is 249 g/mol. The highest BCUT2D eigenvalue weighted by molar-refractivity contribution is 5.90. The largest absolute Gasteiger partial charge is 0.396 e. The number of aryl methyl sites for hydroxylation is 1. The second-order valence-corrected chi connectivity index (χ2v) is 4.53. The van der Waals surface area contributed by atoms with Gasteiger partial charge in [-0.3, -0.25) is 4.79 Å². The fraction of sp³-hybridized carbons (Fsp3) is 0.533. The van der Waals surface area contributed by atoms with Gasteiger partial charge in [0, 0.05) is 18.7 Å². The van der Waals surface area contributed by atoms with Crippen molar-refractivity contribution in [2.24, 2.45) is 0 Å². The maximum absolute atomic E-state index is 11.6. The highest BCUT2D eigenvalue weighted by Crippen LogP contribution is 2.12. The van der Waals surface area contributed by atoms with E-state index in [9.17, 15) is 4.79 Å². The van der Waals surface area contributed by atoms with Crippen molar-refractivity contribution in [3.8, 4) is 0 Å². The van der Waals surface area contributed by atoms with Crippen LogP contribution in [0, 0.1) is 0 Å². The number of unbranched alkanes of at least 4 members (excludes halogenated alkanes) is 2. The summed E-state index contributed by atoms with van der Waals surface area (Å²) in [5, 5.41) is 11.5. The molecule has 1 aromatic carbocycles. The molecule has 0 heterocycles. The van der Waals surface area contributed by atoms with Crippen LogP contribution in [0.2, 0.25) is 0 Å². The molecule has 0 bridgehead atoms. The third-order valence-corrected chi connectivity index (χ3v) is 2.87. The Morgan fingerprint density at radius 1 is 1.17 bits per heavy atom. The summed E-state index contributed by atoms with van der Waals surface area (Å²) in [6.07, 6.45) is 5.38. The molecule has 3 heteroatoms. The average Bonchev–Trinajstić information content (AvgIpc) is 2.38. The Balaban J connectivity index is 2.35. The number of nitrogens with one attached hydrogen (secondary N) is 1. The summed E-state index contributed by atoms with van der Waals surface area (Å²) in [5.41, 5.74) is 2.17. The number of anilines is 1. The van der Waals surface area contributed by atoms with Gasteiger partial charge < -0.3 is 10.4 Å². The minimum absolute atomic E-state index is 0.0183. The number of aliphatic hydroxyl groups is 1. The zero-order valence-electron chi connectivity index (χ0n) is 11.1. The van der Waals surface area contributed by atoms with Gasteiger partial charge in [0.2, 0.25) is 5.91 Å². The highest BCUT2D eigenvalue weighted by Gasteiger charge is 2.02. The van der Waals surface area contributed by atoms with Crippen LogP contribution in [0.5, 0.6) is 0 Å². The van der Waals surface area contributed by atoms with Gasteiger partial charge in [-0.05, 0) is 43.4 Å². The van der Waals surface area contributed by atoms with E-state index < -0.39 is 0 Å². The van der Waals surface area contributed by atoms with E-state index in [1.54, 1.807) is 0 Å². The van der Waals surface area contributed by atoms with E-state index in [1.807, 2.05) is 12.1 Å². The van der Waals surface area contributed by atoms with Gasteiger partial charge in [0.25, 0.3) is 0 Å². The summed E-state index contributed by atoms with van der Waals surface area (Å²) in [5.74, 6) is 0.0183. The van der Waals surface area contributed by atoms with Crippen LogP contribution in [-0.2, 0) is 11.2 Å². The first-order valence-corrected chi connectivity index (χ1v) is 6.76. The van der Waals surface area contributed by atoms with Crippen molar-refractivity contribution in [3.63, 3.8) is 0 Å². The summed E-state index contributed by atoms with van der Waals surface area (Å²) in [7, 11) is 0. The minimum atomic E-state index is 0.0183. The van der Waals surface area contributed by atoms with Crippen LogP contribution < -0.4 is 5.32 Å². The molecule has 0 atom stereocenters. The Hall–Kier alpha value is -1.35. The van der Waals surface area contributed by atoms with Gasteiger partial charge in [-0.2, -0.15) is 0 Å². The molecule has 1 amide bonds. The number of hydrogen-bond donors (Lipinski definition) is 2. The molecule has 0 aliphatic rings. The minimum Gasteiger partial charge on any atom is -0.396 e. The summed E-state index contributed by atoms with van der Waals surface area (Å²) in [6.45, 7) is 2.33. The van der Waals surface area contributed by atoms with Gasteiger partial charge in [0.15, 0.2) is 0 Å². The van der Waals surface area contributed by atoms with Crippen LogP contribution in [0.25, 0.3) is 0 Å². The van der Waals surface area contributed by atoms with Gasteiger partial charge in [0.05, 0.1) is 0 Å². The molecule has 0 radical (unpaired) electrons. The first-order chi connectivity index (χ1) is 8.76. The quantitative estimate of drug-likeness (QED) is 0.695. The molecule has 0 aliphatic carbocycles. The van der Waals surface area contributed by atoms with Crippen molar-refractivity contribution in [2.75, 3.05) is 11.9 Å². The summed E-state index contributed by atoms with van der Waals surface area (Å²) < 4.78 is 0. The van der Waals surface area contributed by atoms with Gasteiger partial charge in [0.1, 0.15) is 0 Å². The first kappa shape index (κ1) is 14.7. The summed E-state index contributed by atoms with van der Waals surface area (Å²) >= 11 is 0. The Labute approximate surface area is 109 Å². The number of amides is 1. The molecule has 100 valence electrons. The highest BCUT2D eigenvalue weighted by atomic mass is 16.2. The molecule has 0 aromatic heterocycles. The molecule has 1 rings (SSSR count). The lowest BCUT2D eigenvalue weighted by atomic mass is 10.1. The van der Waals surface area contributed by atoms with Crippen molar-refractivity contribution in [2.45, 2.75) is 45.4 Å². The van der Waals surface area contributed by atoms with Crippen molar-refractivity contribution in [3.05, 3.63) is 29.8 Å². The topological polar surface area (TPSA) is 49.3 Å². The lowest BCUT2D eigenvalue weighted by Gasteiger charge is -2.06. The molecule has 0 unspecified atom stereocenters. The van der Waals surface area contributed by atoms with Crippen LogP contribution >= 0.6 is 0 Å². The Morgan fingerprint density at radius 2 is 1.89 bits per heavy atom. The van der Waals surface area contributed by atoms with Gasteiger partial charge in [-0.25, -0.2) is 0 Å². The first-order valence-electron chi connectivity index (χ1n) is 6.76. The van der Waals surface area contributed by atoms with E-state index in [2.05, 4.69) is 24.4 Å². The normalized spacial score (nSPS) is 10.3. The Bertz CT molecular complexity index is 346. The lowest BCUT2D eigenvalue weighted by molar-refractivity contribution is -0.116. The number of hydrogen-bond acceptors (Lipinski definition) is 2. The van der Waals surface area contributed by atoms with Crippen LogP contribution in [0.3, 0.4) is 0 Å². The van der Waals surface area contributed by atoms with Gasteiger partial charge in [-0.1, -0.05) is 25.5 Å². The standard InChI is InChI=1S/C15H23NO2/c1-2-3-6-13-8-10-14(11-9-13)16-15(18)7-4-5-12-17/h8-11,17H,2-7,12H2,1H3,(H,16,18). The third-order valence-electron chi connectivity index (χ3n) is 2.87. The number of rotatable bonds is 8. The maximum Gasteiger partial charge on any atom is 0.224 e. The van der Waals surface area contributed by atoms with Crippen LogP contribution in [0.4, 0.5) is 5.69 Å². The van der Waals surface area contributed by atoms with Crippen molar-refractivity contribution < 1.29 is 9.90 Å². The second kappa shape index (κ2) is 8.70. The molecule has 0 aliphatic heterocycles. The van der Waals surface area contributed by atoms with Crippen LogP contribution in [0.15, 0.2) is 24.3 Å². The molecule has 0 saturated carbocycles. The average molecular weight is 249 g/mol. The number of carbonyl (C=O) groups excluding carboxylic acids is 1. The van der Waals surface area contributed by atoms with Crippen molar-refractivity contribution in [1.29, 1.82) is 0 Å². The molecule has 0 fully saturated rings. The molecule has 0 spiro atoms. The third kappa shape index (κ3) is 5.82. The fourth-order valence-corrected chi connectivity index (χ4v) is 1.76. The van der Waals surface area contributed by atoms with Crippen LogP contribution in [0.1, 0.15) is 44.6 Å².